The molecule has 1 aliphatic carbocycles. The summed E-state index contributed by atoms with van der Waals surface area (Å²) in [4.78, 5) is 11.8. The van der Waals surface area contributed by atoms with E-state index in [0.717, 1.165) is 24.2 Å². The number of Topliss-reactive ketones (excluding diaryl/α,β-unsaturated/α-hetero) is 1. The molecule has 0 bridgehead atoms. The molecule has 0 N–H and O–H groups in total. The summed E-state index contributed by atoms with van der Waals surface area (Å²) >= 11 is 12.0. The summed E-state index contributed by atoms with van der Waals surface area (Å²) in [5, 5.41) is 5.40. The van der Waals surface area contributed by atoms with Gasteiger partial charge in [-0.2, -0.15) is 5.10 Å². The molecule has 2 aromatic rings. The van der Waals surface area contributed by atoms with E-state index in [-0.39, 0.29) is 5.78 Å². The van der Waals surface area contributed by atoms with Crippen LogP contribution >= 0.6 is 23.2 Å². The molecule has 0 atom stereocenters. The SMILES string of the molecule is O=C1CCCc2c1cnn2-c1ccc(Cl)cc1Cl. The van der Waals surface area contributed by atoms with E-state index in [4.69, 9.17) is 23.2 Å². The first kappa shape index (κ1) is 11.8. The van der Waals surface area contributed by atoms with Crippen LogP contribution < -0.4 is 0 Å². The van der Waals surface area contributed by atoms with E-state index in [2.05, 4.69) is 5.10 Å². The molecular weight excluding hydrogens is 271 g/mol. The quantitative estimate of drug-likeness (QED) is 0.798. The van der Waals surface area contributed by atoms with Crippen LogP contribution in [0.3, 0.4) is 0 Å². The van der Waals surface area contributed by atoms with Crippen molar-refractivity contribution in [2.45, 2.75) is 19.3 Å². The highest BCUT2D eigenvalue weighted by atomic mass is 35.5. The molecule has 0 saturated heterocycles. The van der Waals surface area contributed by atoms with Crippen LogP contribution in [-0.2, 0) is 6.42 Å². The Balaban J connectivity index is 2.15. The molecule has 18 heavy (non-hydrogen) atoms. The third kappa shape index (κ3) is 1.84. The Bertz CT molecular complexity index is 634. The Morgan fingerprint density at radius 1 is 1.22 bits per heavy atom. The standard InChI is InChI=1S/C13H10Cl2N2O/c14-8-4-5-12(10(15)6-8)17-11-2-1-3-13(18)9(11)7-16-17/h4-7H,1-3H2. The second kappa shape index (κ2) is 4.41. The number of hydrogen-bond donors (Lipinski definition) is 0. The topological polar surface area (TPSA) is 34.9 Å². The lowest BCUT2D eigenvalue weighted by atomic mass is 9.97. The number of carbonyl (C=O) groups excluding carboxylic acids is 1. The highest BCUT2D eigenvalue weighted by molar-refractivity contribution is 6.35. The third-order valence-corrected chi connectivity index (χ3v) is 3.66. The van der Waals surface area contributed by atoms with Gasteiger partial charge in [0, 0.05) is 11.4 Å². The molecular formula is C13H10Cl2N2O. The van der Waals surface area contributed by atoms with Crippen molar-refractivity contribution >= 4 is 29.0 Å². The highest BCUT2D eigenvalue weighted by Crippen LogP contribution is 2.28. The zero-order valence-corrected chi connectivity index (χ0v) is 11.0. The van der Waals surface area contributed by atoms with Crippen LogP contribution in [-0.4, -0.2) is 15.6 Å². The largest absolute Gasteiger partial charge is 0.294 e. The Morgan fingerprint density at radius 3 is 2.83 bits per heavy atom. The molecule has 1 aliphatic rings. The summed E-state index contributed by atoms with van der Waals surface area (Å²) < 4.78 is 1.74. The average Bonchev–Trinajstić information content (AvgIpc) is 2.74. The van der Waals surface area contributed by atoms with Crippen molar-refractivity contribution in [3.05, 3.63) is 45.7 Å². The first-order valence-electron chi connectivity index (χ1n) is 5.72. The van der Waals surface area contributed by atoms with Crippen molar-refractivity contribution in [2.24, 2.45) is 0 Å². The summed E-state index contributed by atoms with van der Waals surface area (Å²) in [5.41, 5.74) is 2.42. The van der Waals surface area contributed by atoms with Gasteiger partial charge in [0.05, 0.1) is 28.2 Å². The smallest absolute Gasteiger partial charge is 0.166 e. The number of halogens is 2. The first-order valence-corrected chi connectivity index (χ1v) is 6.48. The molecule has 0 spiro atoms. The molecule has 92 valence electrons. The molecule has 1 aromatic heterocycles. The van der Waals surface area contributed by atoms with Crippen LogP contribution in [0.2, 0.25) is 10.0 Å². The Hall–Kier alpha value is -1.32. The third-order valence-electron chi connectivity index (χ3n) is 3.12. The van der Waals surface area contributed by atoms with Crippen LogP contribution in [0, 0.1) is 0 Å². The van der Waals surface area contributed by atoms with Gasteiger partial charge in [0.15, 0.2) is 5.78 Å². The number of carbonyl (C=O) groups is 1. The maximum Gasteiger partial charge on any atom is 0.166 e. The minimum absolute atomic E-state index is 0.160. The molecule has 0 unspecified atom stereocenters. The van der Waals surface area contributed by atoms with Gasteiger partial charge in [-0.15, -0.1) is 0 Å². The van der Waals surface area contributed by atoms with Gasteiger partial charge in [0.1, 0.15) is 0 Å². The second-order valence-electron chi connectivity index (χ2n) is 4.29. The van der Waals surface area contributed by atoms with Crippen molar-refractivity contribution in [2.75, 3.05) is 0 Å². The number of fused-ring (bicyclic) bond motifs is 1. The van der Waals surface area contributed by atoms with Gasteiger partial charge in [0.2, 0.25) is 0 Å². The zero-order chi connectivity index (χ0) is 12.7. The van der Waals surface area contributed by atoms with E-state index in [1.165, 1.54) is 0 Å². The van der Waals surface area contributed by atoms with Gasteiger partial charge in [-0.3, -0.25) is 4.79 Å². The van der Waals surface area contributed by atoms with Crippen LogP contribution in [0.25, 0.3) is 5.69 Å². The zero-order valence-electron chi connectivity index (χ0n) is 9.49. The van der Waals surface area contributed by atoms with Gasteiger partial charge in [-0.05, 0) is 31.0 Å². The van der Waals surface area contributed by atoms with Gasteiger partial charge in [0.25, 0.3) is 0 Å². The lowest BCUT2D eigenvalue weighted by molar-refractivity contribution is 0.0972. The molecule has 0 amide bonds. The molecule has 0 saturated carbocycles. The van der Waals surface area contributed by atoms with E-state index >= 15 is 0 Å². The summed E-state index contributed by atoms with van der Waals surface area (Å²) in [6.45, 7) is 0. The molecule has 0 radical (unpaired) electrons. The van der Waals surface area contributed by atoms with E-state index in [1.807, 2.05) is 6.07 Å². The van der Waals surface area contributed by atoms with Crippen molar-refractivity contribution in [1.29, 1.82) is 0 Å². The van der Waals surface area contributed by atoms with Crippen molar-refractivity contribution in [3.8, 4) is 5.69 Å². The number of rotatable bonds is 1. The number of hydrogen-bond acceptors (Lipinski definition) is 2. The van der Waals surface area contributed by atoms with Crippen LogP contribution in [0.4, 0.5) is 0 Å². The van der Waals surface area contributed by atoms with Crippen molar-refractivity contribution in [3.63, 3.8) is 0 Å². The van der Waals surface area contributed by atoms with Crippen molar-refractivity contribution < 1.29 is 4.79 Å². The normalized spacial score (nSPS) is 14.7. The number of nitrogens with zero attached hydrogens (tertiary/aromatic N) is 2. The Morgan fingerprint density at radius 2 is 2.06 bits per heavy atom. The van der Waals surface area contributed by atoms with Gasteiger partial charge >= 0.3 is 0 Å². The van der Waals surface area contributed by atoms with Crippen LogP contribution in [0.15, 0.2) is 24.4 Å². The molecule has 3 nitrogen and oxygen atoms in total. The van der Waals surface area contributed by atoms with E-state index < -0.39 is 0 Å². The second-order valence-corrected chi connectivity index (χ2v) is 5.13. The van der Waals surface area contributed by atoms with Gasteiger partial charge in [-0.25, -0.2) is 4.68 Å². The molecule has 0 fully saturated rings. The first-order chi connectivity index (χ1) is 8.66. The predicted molar refractivity (Wildman–Crippen MR) is 70.9 cm³/mol. The Kier molecular flexibility index (Phi) is 2.88. The summed E-state index contributed by atoms with van der Waals surface area (Å²) in [5.74, 6) is 0.160. The van der Waals surface area contributed by atoms with E-state index in [1.54, 1.807) is 23.0 Å². The van der Waals surface area contributed by atoms with E-state index in [9.17, 15) is 4.79 Å². The molecule has 0 aliphatic heterocycles. The summed E-state index contributed by atoms with van der Waals surface area (Å²) in [6, 6.07) is 5.26. The maximum atomic E-state index is 11.8. The summed E-state index contributed by atoms with van der Waals surface area (Å²) in [6.07, 6.45) is 3.94. The van der Waals surface area contributed by atoms with E-state index in [0.29, 0.717) is 22.0 Å². The fourth-order valence-electron chi connectivity index (χ4n) is 2.26. The molecule has 3 rings (SSSR count). The minimum atomic E-state index is 0.160. The molecule has 1 heterocycles. The Labute approximate surface area is 114 Å². The number of ketones is 1. The highest BCUT2D eigenvalue weighted by Gasteiger charge is 2.23. The molecule has 1 aromatic carbocycles. The van der Waals surface area contributed by atoms with Crippen LogP contribution in [0.5, 0.6) is 0 Å². The number of benzene rings is 1. The predicted octanol–water partition coefficient (Wildman–Crippen LogP) is 3.70. The lowest BCUT2D eigenvalue weighted by Gasteiger charge is -2.14. The fraction of sp³-hybridized carbons (Fsp3) is 0.231. The van der Waals surface area contributed by atoms with Crippen molar-refractivity contribution in [1.82, 2.24) is 9.78 Å². The minimum Gasteiger partial charge on any atom is -0.294 e. The van der Waals surface area contributed by atoms with Crippen LogP contribution in [0.1, 0.15) is 28.9 Å². The van der Waals surface area contributed by atoms with Gasteiger partial charge < -0.3 is 0 Å². The lowest BCUT2D eigenvalue weighted by Crippen LogP contribution is -2.12. The number of aromatic nitrogens is 2. The fourth-order valence-corrected chi connectivity index (χ4v) is 2.75. The maximum absolute atomic E-state index is 11.8. The summed E-state index contributed by atoms with van der Waals surface area (Å²) in [7, 11) is 0. The molecule has 5 heteroatoms. The monoisotopic (exact) mass is 280 g/mol. The van der Waals surface area contributed by atoms with Gasteiger partial charge in [-0.1, -0.05) is 23.2 Å². The average molecular weight is 281 g/mol.